The van der Waals surface area contributed by atoms with Crippen molar-refractivity contribution in [2.45, 2.75) is 45.6 Å². The summed E-state index contributed by atoms with van der Waals surface area (Å²) in [6.45, 7) is 7.51. The van der Waals surface area contributed by atoms with Gasteiger partial charge in [-0.2, -0.15) is 0 Å². The fourth-order valence-corrected chi connectivity index (χ4v) is 4.11. The minimum Gasteiger partial charge on any atom is -0.386 e. The Bertz CT molecular complexity index is 445. The molecule has 0 aromatic heterocycles. The van der Waals surface area contributed by atoms with Crippen LogP contribution in [0.2, 0.25) is 0 Å². The number of nitrogens with zero attached hydrogens (tertiary/aromatic N) is 1. The first-order valence-corrected chi connectivity index (χ1v) is 8.66. The normalized spacial score (nSPS) is 20.8. The number of nitrogens with two attached hydrogens (primary N) is 1. The predicted molar refractivity (Wildman–Crippen MR) is 82.4 cm³/mol. The molecule has 0 aromatic carbocycles. The molecule has 118 valence electrons. The monoisotopic (exact) mass is 304 g/mol. The Morgan fingerprint density at radius 3 is 2.25 bits per heavy atom. The Morgan fingerprint density at radius 1 is 1.35 bits per heavy atom. The summed E-state index contributed by atoms with van der Waals surface area (Å²) >= 11 is 0. The summed E-state index contributed by atoms with van der Waals surface area (Å²) < 4.78 is 27.2. The molecule has 0 saturated carbocycles. The second-order valence-corrected chi connectivity index (χ2v) is 8.87. The van der Waals surface area contributed by atoms with Crippen molar-refractivity contribution in [1.29, 1.82) is 5.41 Å². The van der Waals surface area contributed by atoms with Crippen molar-refractivity contribution in [2.75, 3.05) is 25.9 Å². The molecule has 1 aliphatic heterocycles. The lowest BCUT2D eigenvalue weighted by atomic mass is 9.88. The molecule has 1 saturated heterocycles. The second kappa shape index (κ2) is 5.99. The maximum atomic E-state index is 12.3. The van der Waals surface area contributed by atoms with Gasteiger partial charge in [0.2, 0.25) is 10.0 Å². The molecule has 0 unspecified atom stereocenters. The van der Waals surface area contributed by atoms with E-state index in [1.165, 1.54) is 0 Å². The van der Waals surface area contributed by atoms with Crippen LogP contribution in [0.1, 0.15) is 40.0 Å². The molecule has 6 nitrogen and oxygen atoms in total. The second-order valence-electron chi connectivity index (χ2n) is 7.03. The van der Waals surface area contributed by atoms with Gasteiger partial charge in [-0.1, -0.05) is 20.8 Å². The maximum Gasteiger partial charge on any atom is 0.212 e. The molecule has 0 spiro atoms. The van der Waals surface area contributed by atoms with Crippen molar-refractivity contribution < 1.29 is 8.42 Å². The van der Waals surface area contributed by atoms with Gasteiger partial charge in [0, 0.05) is 13.1 Å². The quantitative estimate of drug-likeness (QED) is 0.515. The van der Waals surface area contributed by atoms with E-state index in [0.717, 1.165) is 13.1 Å². The molecule has 0 atom stereocenters. The van der Waals surface area contributed by atoms with Crippen LogP contribution in [0.15, 0.2) is 0 Å². The molecule has 0 radical (unpaired) electrons. The summed E-state index contributed by atoms with van der Waals surface area (Å²) in [6.07, 6.45) is 1.68. The number of likely N-dealkylation sites (tertiary alicyclic amines) is 1. The predicted octanol–water partition coefficient (Wildman–Crippen LogP) is 0.742. The lowest BCUT2D eigenvalue weighted by molar-refractivity contribution is 0.218. The van der Waals surface area contributed by atoms with E-state index in [2.05, 4.69) is 9.62 Å². The van der Waals surface area contributed by atoms with E-state index >= 15 is 0 Å². The van der Waals surface area contributed by atoms with Crippen molar-refractivity contribution in [2.24, 2.45) is 11.1 Å². The summed E-state index contributed by atoms with van der Waals surface area (Å²) in [5, 5.41) is 7.77. The van der Waals surface area contributed by atoms with Gasteiger partial charge in [0.1, 0.15) is 5.84 Å². The number of hydrogen-bond acceptors (Lipinski definition) is 4. The van der Waals surface area contributed by atoms with E-state index in [1.54, 1.807) is 0 Å². The smallest absolute Gasteiger partial charge is 0.212 e. The van der Waals surface area contributed by atoms with Crippen LogP contribution in [-0.2, 0) is 10.0 Å². The van der Waals surface area contributed by atoms with E-state index in [1.807, 2.05) is 27.8 Å². The van der Waals surface area contributed by atoms with E-state index in [9.17, 15) is 8.42 Å². The van der Waals surface area contributed by atoms with Gasteiger partial charge in [-0.3, -0.25) is 5.41 Å². The molecule has 7 heteroatoms. The molecule has 0 amide bonds. The van der Waals surface area contributed by atoms with Crippen molar-refractivity contribution in [3.63, 3.8) is 0 Å². The number of nitrogens with one attached hydrogen (secondary N) is 2. The number of hydrogen-bond donors (Lipinski definition) is 3. The van der Waals surface area contributed by atoms with E-state index in [4.69, 9.17) is 11.1 Å². The summed E-state index contributed by atoms with van der Waals surface area (Å²) in [5.41, 5.74) is 4.74. The number of amidine groups is 1. The van der Waals surface area contributed by atoms with Crippen molar-refractivity contribution in [3.8, 4) is 0 Å². The Balaban J connectivity index is 2.78. The first kappa shape index (κ1) is 17.4. The summed E-state index contributed by atoms with van der Waals surface area (Å²) in [4.78, 5) is 2.12. The number of sulfonamides is 1. The standard InChI is InChI=1S/C13H28N4O2S/c1-12(2,3)7-10-20(18,19)16-13(11(14)15)5-8-17(4)9-6-13/h16H,5-10H2,1-4H3,(H3,14,15). The van der Waals surface area contributed by atoms with Crippen molar-refractivity contribution in [1.82, 2.24) is 9.62 Å². The highest BCUT2D eigenvalue weighted by atomic mass is 32.2. The molecule has 4 N–H and O–H groups in total. The number of rotatable bonds is 5. The molecule has 1 rings (SSSR count). The highest BCUT2D eigenvalue weighted by Gasteiger charge is 2.40. The van der Waals surface area contributed by atoms with Gasteiger partial charge in [0.15, 0.2) is 0 Å². The fourth-order valence-electron chi connectivity index (χ4n) is 2.22. The molecular weight excluding hydrogens is 276 g/mol. The van der Waals surface area contributed by atoms with Crippen LogP contribution in [0.4, 0.5) is 0 Å². The van der Waals surface area contributed by atoms with Crippen LogP contribution in [0, 0.1) is 10.8 Å². The SMILES string of the molecule is CN1CCC(NS(=O)(=O)CCC(C)(C)C)(C(=N)N)CC1. The molecule has 0 aromatic rings. The van der Waals surface area contributed by atoms with Gasteiger partial charge in [-0.15, -0.1) is 0 Å². The third-order valence-electron chi connectivity index (χ3n) is 3.83. The number of piperidine rings is 1. The largest absolute Gasteiger partial charge is 0.386 e. The van der Waals surface area contributed by atoms with Gasteiger partial charge >= 0.3 is 0 Å². The van der Waals surface area contributed by atoms with Crippen LogP contribution in [-0.4, -0.2) is 50.6 Å². The Morgan fingerprint density at radius 2 is 1.85 bits per heavy atom. The van der Waals surface area contributed by atoms with E-state index < -0.39 is 15.6 Å². The van der Waals surface area contributed by atoms with Crippen LogP contribution in [0.25, 0.3) is 0 Å². The van der Waals surface area contributed by atoms with Crippen molar-refractivity contribution in [3.05, 3.63) is 0 Å². The minimum atomic E-state index is -3.42. The third kappa shape index (κ3) is 5.03. The average Bonchev–Trinajstić information content (AvgIpc) is 2.29. The molecule has 0 aliphatic carbocycles. The zero-order chi connectivity index (χ0) is 15.6. The summed E-state index contributed by atoms with van der Waals surface area (Å²) in [7, 11) is -1.44. The van der Waals surface area contributed by atoms with Gasteiger partial charge in [0.25, 0.3) is 0 Å². The topological polar surface area (TPSA) is 99.3 Å². The highest BCUT2D eigenvalue weighted by Crippen LogP contribution is 2.24. The Kier molecular flexibility index (Phi) is 5.21. The highest BCUT2D eigenvalue weighted by molar-refractivity contribution is 7.89. The molecule has 1 heterocycles. The van der Waals surface area contributed by atoms with Crippen molar-refractivity contribution >= 4 is 15.9 Å². The van der Waals surface area contributed by atoms with Crippen LogP contribution in [0.3, 0.4) is 0 Å². The van der Waals surface area contributed by atoms with Gasteiger partial charge < -0.3 is 10.6 Å². The van der Waals surface area contributed by atoms with Crippen LogP contribution < -0.4 is 10.5 Å². The third-order valence-corrected chi connectivity index (χ3v) is 5.27. The molecule has 0 bridgehead atoms. The lowest BCUT2D eigenvalue weighted by Gasteiger charge is -2.40. The first-order chi connectivity index (χ1) is 8.96. The summed E-state index contributed by atoms with van der Waals surface area (Å²) in [6, 6.07) is 0. The van der Waals surface area contributed by atoms with Crippen LogP contribution >= 0.6 is 0 Å². The van der Waals surface area contributed by atoms with Gasteiger partial charge in [0.05, 0.1) is 11.3 Å². The molecule has 20 heavy (non-hydrogen) atoms. The van der Waals surface area contributed by atoms with E-state index in [-0.39, 0.29) is 17.0 Å². The van der Waals surface area contributed by atoms with E-state index in [0.29, 0.717) is 19.3 Å². The lowest BCUT2D eigenvalue weighted by Crippen LogP contribution is -2.62. The average molecular weight is 304 g/mol. The molecular formula is C13H28N4O2S. The molecule has 1 aliphatic rings. The summed E-state index contributed by atoms with van der Waals surface area (Å²) in [5.74, 6) is -0.00796. The first-order valence-electron chi connectivity index (χ1n) is 7.01. The minimum absolute atomic E-state index is 0.0368. The zero-order valence-corrected chi connectivity index (χ0v) is 13.8. The maximum absolute atomic E-state index is 12.3. The van der Waals surface area contributed by atoms with Gasteiger partial charge in [-0.05, 0) is 31.7 Å². The van der Waals surface area contributed by atoms with Gasteiger partial charge in [-0.25, -0.2) is 13.1 Å². The zero-order valence-electron chi connectivity index (χ0n) is 13.0. The Hall–Kier alpha value is -0.660. The van der Waals surface area contributed by atoms with Crippen LogP contribution in [0.5, 0.6) is 0 Å². The molecule has 1 fully saturated rings. The fraction of sp³-hybridized carbons (Fsp3) is 0.923. The Labute approximate surface area is 122 Å².